The van der Waals surface area contributed by atoms with Gasteiger partial charge in [0.2, 0.25) is 5.95 Å². The van der Waals surface area contributed by atoms with Crippen LogP contribution in [-0.2, 0) is 0 Å². The van der Waals surface area contributed by atoms with Crippen molar-refractivity contribution in [2.24, 2.45) is 0 Å². The molecule has 0 bridgehead atoms. The highest BCUT2D eigenvalue weighted by atomic mass is 16.1. The molecule has 1 aliphatic rings. The molecule has 4 aromatic rings. The van der Waals surface area contributed by atoms with Gasteiger partial charge in [-0.05, 0) is 49.4 Å². The van der Waals surface area contributed by atoms with Gasteiger partial charge in [-0.3, -0.25) is 9.36 Å². The third-order valence-electron chi connectivity index (χ3n) is 6.54. The van der Waals surface area contributed by atoms with Crippen LogP contribution in [0, 0.1) is 0 Å². The summed E-state index contributed by atoms with van der Waals surface area (Å²) in [4.78, 5) is 27.0. The van der Waals surface area contributed by atoms with Gasteiger partial charge < -0.3 is 15.1 Å². The first-order valence-corrected chi connectivity index (χ1v) is 11.9. The van der Waals surface area contributed by atoms with Crippen molar-refractivity contribution in [1.29, 1.82) is 0 Å². The Bertz CT molecular complexity index is 1310. The molecule has 0 spiro atoms. The quantitative estimate of drug-likeness (QED) is 0.469. The maximum absolute atomic E-state index is 13.0. The Morgan fingerprint density at radius 1 is 0.941 bits per heavy atom. The van der Waals surface area contributed by atoms with E-state index in [4.69, 9.17) is 4.98 Å². The summed E-state index contributed by atoms with van der Waals surface area (Å²) < 4.78 is 1.79. The summed E-state index contributed by atoms with van der Waals surface area (Å²) in [5, 5.41) is 4.15. The van der Waals surface area contributed by atoms with Crippen molar-refractivity contribution in [3.05, 3.63) is 88.8 Å². The maximum atomic E-state index is 13.0. The number of nitrogens with one attached hydrogen (secondary N) is 1. The molecule has 1 atom stereocenters. The van der Waals surface area contributed by atoms with Gasteiger partial charge in [0.05, 0.1) is 6.04 Å². The molecular weight excluding hydrogens is 424 g/mol. The SMILES string of the molecule is CCC(c1ccccc1)n1c(=O)ccc2cnc(Nc3ccc(N4CCN(C)CC4)cc3)nc21. The zero-order chi connectivity index (χ0) is 23.5. The molecule has 2 aromatic heterocycles. The normalized spacial score (nSPS) is 15.4. The molecule has 174 valence electrons. The number of hydrogen-bond acceptors (Lipinski definition) is 6. The van der Waals surface area contributed by atoms with Crippen molar-refractivity contribution < 1.29 is 0 Å². The van der Waals surface area contributed by atoms with Gasteiger partial charge in [0.15, 0.2) is 0 Å². The highest BCUT2D eigenvalue weighted by Crippen LogP contribution is 2.25. The van der Waals surface area contributed by atoms with E-state index in [0.717, 1.165) is 49.2 Å². The topological polar surface area (TPSA) is 66.3 Å². The van der Waals surface area contributed by atoms with Crippen LogP contribution in [0.15, 0.2) is 77.7 Å². The van der Waals surface area contributed by atoms with Crippen LogP contribution >= 0.6 is 0 Å². The Balaban J connectivity index is 1.44. The molecule has 1 saturated heterocycles. The van der Waals surface area contributed by atoms with Crippen molar-refractivity contribution in [2.75, 3.05) is 43.4 Å². The van der Waals surface area contributed by atoms with Gasteiger partial charge >= 0.3 is 0 Å². The van der Waals surface area contributed by atoms with Crippen LogP contribution in [0.1, 0.15) is 24.9 Å². The second-order valence-corrected chi connectivity index (χ2v) is 8.81. The summed E-state index contributed by atoms with van der Waals surface area (Å²) in [5.41, 5.74) is 3.80. The lowest BCUT2D eigenvalue weighted by atomic mass is 10.0. The first kappa shape index (κ1) is 22.1. The summed E-state index contributed by atoms with van der Waals surface area (Å²) in [6.07, 6.45) is 2.56. The van der Waals surface area contributed by atoms with E-state index in [1.165, 1.54) is 5.69 Å². The zero-order valence-electron chi connectivity index (χ0n) is 19.7. The summed E-state index contributed by atoms with van der Waals surface area (Å²) >= 11 is 0. The minimum absolute atomic E-state index is 0.0654. The van der Waals surface area contributed by atoms with Crippen LogP contribution in [0.5, 0.6) is 0 Å². The summed E-state index contributed by atoms with van der Waals surface area (Å²) in [6.45, 7) is 6.32. The number of fused-ring (bicyclic) bond motifs is 1. The van der Waals surface area contributed by atoms with Gasteiger partial charge in [-0.1, -0.05) is 37.3 Å². The van der Waals surface area contributed by atoms with Gasteiger partial charge in [-0.25, -0.2) is 4.98 Å². The van der Waals surface area contributed by atoms with Gasteiger partial charge in [-0.2, -0.15) is 4.98 Å². The third kappa shape index (κ3) is 4.52. The van der Waals surface area contributed by atoms with E-state index >= 15 is 0 Å². The summed E-state index contributed by atoms with van der Waals surface area (Å²) in [7, 11) is 2.16. The molecule has 5 rings (SSSR count). The highest BCUT2D eigenvalue weighted by molar-refractivity contribution is 5.76. The van der Waals surface area contributed by atoms with E-state index in [-0.39, 0.29) is 11.6 Å². The Hall–Kier alpha value is -3.71. The number of piperazine rings is 1. The molecule has 1 unspecified atom stereocenters. The second kappa shape index (κ2) is 9.65. The molecule has 0 saturated carbocycles. The number of nitrogens with zero attached hydrogens (tertiary/aromatic N) is 5. The van der Waals surface area contributed by atoms with Crippen LogP contribution in [-0.4, -0.2) is 52.7 Å². The van der Waals surface area contributed by atoms with Crippen molar-refractivity contribution in [2.45, 2.75) is 19.4 Å². The van der Waals surface area contributed by atoms with Crippen LogP contribution in [0.2, 0.25) is 0 Å². The van der Waals surface area contributed by atoms with Gasteiger partial charge in [0.25, 0.3) is 5.56 Å². The molecule has 0 radical (unpaired) electrons. The lowest BCUT2D eigenvalue weighted by Gasteiger charge is -2.34. The highest BCUT2D eigenvalue weighted by Gasteiger charge is 2.17. The number of pyridine rings is 1. The molecule has 7 nitrogen and oxygen atoms in total. The Morgan fingerprint density at radius 3 is 2.38 bits per heavy atom. The molecule has 0 amide bonds. The van der Waals surface area contributed by atoms with Crippen LogP contribution in [0.3, 0.4) is 0 Å². The smallest absolute Gasteiger partial charge is 0.252 e. The number of anilines is 3. The molecule has 2 aromatic carbocycles. The summed E-state index contributed by atoms with van der Waals surface area (Å²) in [6, 6.07) is 21.8. The number of rotatable bonds is 6. The molecule has 3 heterocycles. The maximum Gasteiger partial charge on any atom is 0.252 e. The first-order valence-electron chi connectivity index (χ1n) is 11.9. The third-order valence-corrected chi connectivity index (χ3v) is 6.54. The fourth-order valence-corrected chi connectivity index (χ4v) is 4.59. The fourth-order valence-electron chi connectivity index (χ4n) is 4.59. The van der Waals surface area contributed by atoms with E-state index in [0.29, 0.717) is 11.6 Å². The van der Waals surface area contributed by atoms with Crippen LogP contribution in [0.25, 0.3) is 11.0 Å². The number of hydrogen-bond donors (Lipinski definition) is 1. The van der Waals surface area contributed by atoms with Crippen molar-refractivity contribution in [3.8, 4) is 0 Å². The molecular formula is C27H30N6O. The average Bonchev–Trinajstić information content (AvgIpc) is 2.87. The summed E-state index contributed by atoms with van der Waals surface area (Å²) in [5.74, 6) is 0.474. The predicted molar refractivity (Wildman–Crippen MR) is 138 cm³/mol. The van der Waals surface area contributed by atoms with E-state index in [1.807, 2.05) is 18.2 Å². The monoisotopic (exact) mass is 454 g/mol. The minimum Gasteiger partial charge on any atom is -0.369 e. The minimum atomic E-state index is -0.0944. The second-order valence-electron chi connectivity index (χ2n) is 8.81. The molecule has 1 N–H and O–H groups in total. The number of benzene rings is 2. The van der Waals surface area contributed by atoms with Gasteiger partial charge in [-0.15, -0.1) is 0 Å². The van der Waals surface area contributed by atoms with Crippen molar-refractivity contribution >= 4 is 28.4 Å². The van der Waals surface area contributed by atoms with Crippen molar-refractivity contribution in [3.63, 3.8) is 0 Å². The Kier molecular flexibility index (Phi) is 6.27. The lowest BCUT2D eigenvalue weighted by molar-refractivity contribution is 0.313. The molecule has 1 fully saturated rings. The fraction of sp³-hybridized carbons (Fsp3) is 0.296. The van der Waals surface area contributed by atoms with E-state index in [1.54, 1.807) is 22.9 Å². The van der Waals surface area contributed by atoms with Crippen molar-refractivity contribution in [1.82, 2.24) is 19.4 Å². The molecule has 1 aliphatic heterocycles. The Morgan fingerprint density at radius 2 is 1.68 bits per heavy atom. The first-order chi connectivity index (χ1) is 16.6. The largest absolute Gasteiger partial charge is 0.369 e. The number of likely N-dealkylation sites (N-methyl/N-ethyl adjacent to an activating group) is 1. The van der Waals surface area contributed by atoms with Crippen LogP contribution < -0.4 is 15.8 Å². The van der Waals surface area contributed by atoms with Gasteiger partial charge in [0, 0.05) is 55.2 Å². The van der Waals surface area contributed by atoms with Gasteiger partial charge in [0.1, 0.15) is 5.65 Å². The zero-order valence-corrected chi connectivity index (χ0v) is 19.7. The standard InChI is InChI=1S/C27H30N6O/c1-3-24(20-7-5-4-6-8-20)33-25(34)14-9-21-19-28-27(30-26(21)33)29-22-10-12-23(13-11-22)32-17-15-31(2)16-18-32/h4-14,19,24H,3,15-18H2,1-2H3,(H,28,29,30). The molecule has 0 aliphatic carbocycles. The number of aromatic nitrogens is 3. The van der Waals surface area contributed by atoms with E-state index < -0.39 is 0 Å². The van der Waals surface area contributed by atoms with E-state index in [2.05, 4.69) is 70.5 Å². The average molecular weight is 455 g/mol. The lowest BCUT2D eigenvalue weighted by Crippen LogP contribution is -2.44. The van der Waals surface area contributed by atoms with E-state index in [9.17, 15) is 4.79 Å². The van der Waals surface area contributed by atoms with Crippen LogP contribution in [0.4, 0.5) is 17.3 Å². The molecule has 34 heavy (non-hydrogen) atoms. The molecule has 7 heteroatoms. The Labute approximate surface area is 199 Å². The predicted octanol–water partition coefficient (Wildman–Crippen LogP) is 4.29.